The van der Waals surface area contributed by atoms with E-state index in [-0.39, 0.29) is 11.7 Å². The molecule has 0 N–H and O–H groups in total. The molecule has 0 atom stereocenters. The van der Waals surface area contributed by atoms with Crippen LogP contribution in [0, 0.1) is 5.82 Å². The third-order valence-corrected chi connectivity index (χ3v) is 4.16. The van der Waals surface area contributed by atoms with Gasteiger partial charge in [-0.2, -0.15) is 0 Å². The lowest BCUT2D eigenvalue weighted by molar-refractivity contribution is -0.131. The summed E-state index contributed by atoms with van der Waals surface area (Å²) in [4.78, 5) is 16.5. The summed E-state index contributed by atoms with van der Waals surface area (Å²) in [7, 11) is 0. The zero-order chi connectivity index (χ0) is 13.9. The molecule has 0 unspecified atom stereocenters. The first-order chi connectivity index (χ1) is 9.72. The average Bonchev–Trinajstić information content (AvgIpc) is 3.14. The zero-order valence-electron chi connectivity index (χ0n) is 11.7. The Kier molecular flexibility index (Phi) is 4.01. The number of nitrogens with zero attached hydrogens (tertiary/aromatic N) is 2. The summed E-state index contributed by atoms with van der Waals surface area (Å²) in [6, 6.07) is 7.13. The van der Waals surface area contributed by atoms with Crippen molar-refractivity contribution in [2.45, 2.75) is 38.3 Å². The maximum atomic E-state index is 12.9. The van der Waals surface area contributed by atoms with Gasteiger partial charge in [-0.15, -0.1) is 0 Å². The van der Waals surface area contributed by atoms with Crippen LogP contribution in [-0.4, -0.2) is 41.4 Å². The topological polar surface area (TPSA) is 23.6 Å². The van der Waals surface area contributed by atoms with Gasteiger partial charge in [0.15, 0.2) is 0 Å². The van der Waals surface area contributed by atoms with Gasteiger partial charge >= 0.3 is 0 Å². The molecule has 1 saturated carbocycles. The van der Waals surface area contributed by atoms with Gasteiger partial charge in [-0.3, -0.25) is 9.69 Å². The molecular weight excluding hydrogens is 255 g/mol. The standard InChI is InChI=1S/C16H21FN2O/c17-14-5-3-13(4-6-14)11-19(15-7-8-15)12-16(20)18-9-1-2-10-18/h3-6,15H,1-2,7-12H2. The van der Waals surface area contributed by atoms with E-state index >= 15 is 0 Å². The van der Waals surface area contributed by atoms with Crippen LogP contribution >= 0.6 is 0 Å². The summed E-state index contributed by atoms with van der Waals surface area (Å²) in [6.07, 6.45) is 4.61. The fourth-order valence-electron chi connectivity index (χ4n) is 2.82. The Hall–Kier alpha value is -1.42. The lowest BCUT2D eigenvalue weighted by Gasteiger charge is -2.24. The van der Waals surface area contributed by atoms with Crippen LogP contribution < -0.4 is 0 Å². The number of amides is 1. The van der Waals surface area contributed by atoms with Crippen molar-refractivity contribution >= 4 is 5.91 Å². The minimum atomic E-state index is -0.208. The summed E-state index contributed by atoms with van der Waals surface area (Å²) in [5.41, 5.74) is 1.08. The lowest BCUT2D eigenvalue weighted by atomic mass is 10.2. The van der Waals surface area contributed by atoms with Crippen LogP contribution in [0.25, 0.3) is 0 Å². The number of benzene rings is 1. The van der Waals surface area contributed by atoms with Gasteiger partial charge in [0, 0.05) is 25.7 Å². The molecular formula is C16H21FN2O. The molecule has 3 rings (SSSR count). The molecule has 0 spiro atoms. The van der Waals surface area contributed by atoms with Gasteiger partial charge < -0.3 is 4.90 Å². The van der Waals surface area contributed by atoms with Gasteiger partial charge in [-0.25, -0.2) is 4.39 Å². The van der Waals surface area contributed by atoms with Crippen molar-refractivity contribution in [3.63, 3.8) is 0 Å². The van der Waals surface area contributed by atoms with Gasteiger partial charge in [0.05, 0.1) is 6.54 Å². The van der Waals surface area contributed by atoms with Crippen LogP contribution in [0.3, 0.4) is 0 Å². The highest BCUT2D eigenvalue weighted by atomic mass is 19.1. The molecule has 4 heteroatoms. The highest BCUT2D eigenvalue weighted by Crippen LogP contribution is 2.28. The molecule has 1 aliphatic heterocycles. The number of hydrogen-bond acceptors (Lipinski definition) is 2. The van der Waals surface area contributed by atoms with Crippen molar-refractivity contribution < 1.29 is 9.18 Å². The maximum Gasteiger partial charge on any atom is 0.236 e. The van der Waals surface area contributed by atoms with Gasteiger partial charge in [-0.1, -0.05) is 12.1 Å². The van der Waals surface area contributed by atoms with E-state index in [1.807, 2.05) is 17.0 Å². The average molecular weight is 276 g/mol. The molecule has 20 heavy (non-hydrogen) atoms. The molecule has 1 aromatic rings. The first-order valence-electron chi connectivity index (χ1n) is 7.48. The number of carbonyl (C=O) groups excluding carboxylic acids is 1. The molecule has 1 aromatic carbocycles. The lowest BCUT2D eigenvalue weighted by Crippen LogP contribution is -2.39. The Morgan fingerprint density at radius 2 is 1.85 bits per heavy atom. The van der Waals surface area contributed by atoms with Crippen LogP contribution in [0.15, 0.2) is 24.3 Å². The molecule has 2 aliphatic rings. The summed E-state index contributed by atoms with van der Waals surface area (Å²) in [5.74, 6) is 0.0383. The normalized spacial score (nSPS) is 18.8. The second-order valence-electron chi connectivity index (χ2n) is 5.85. The zero-order valence-corrected chi connectivity index (χ0v) is 11.7. The molecule has 3 nitrogen and oxygen atoms in total. The van der Waals surface area contributed by atoms with Crippen LogP contribution in [-0.2, 0) is 11.3 Å². The molecule has 1 amide bonds. The molecule has 0 aromatic heterocycles. The molecule has 2 fully saturated rings. The molecule has 1 saturated heterocycles. The van der Waals surface area contributed by atoms with Crippen LogP contribution in [0.4, 0.5) is 4.39 Å². The number of hydrogen-bond donors (Lipinski definition) is 0. The first-order valence-corrected chi connectivity index (χ1v) is 7.48. The summed E-state index contributed by atoms with van der Waals surface area (Å²) < 4.78 is 12.9. The number of likely N-dealkylation sites (tertiary alicyclic amines) is 1. The Morgan fingerprint density at radius 3 is 2.45 bits per heavy atom. The van der Waals surface area contributed by atoms with Crippen LogP contribution in [0.5, 0.6) is 0 Å². The Morgan fingerprint density at radius 1 is 1.20 bits per heavy atom. The van der Waals surface area contributed by atoms with Gasteiger partial charge in [0.2, 0.25) is 5.91 Å². The second kappa shape index (κ2) is 5.92. The van der Waals surface area contributed by atoms with E-state index in [1.54, 1.807) is 0 Å². The van der Waals surface area contributed by atoms with Crippen molar-refractivity contribution in [3.05, 3.63) is 35.6 Å². The van der Waals surface area contributed by atoms with E-state index in [0.717, 1.165) is 38.0 Å². The Balaban J connectivity index is 1.60. The first kappa shape index (κ1) is 13.6. The van der Waals surface area contributed by atoms with Crippen molar-refractivity contribution in [1.29, 1.82) is 0 Å². The van der Waals surface area contributed by atoms with E-state index in [0.29, 0.717) is 12.6 Å². The Bertz CT molecular complexity index is 464. The molecule has 1 heterocycles. The quantitative estimate of drug-likeness (QED) is 0.824. The fraction of sp³-hybridized carbons (Fsp3) is 0.562. The van der Waals surface area contributed by atoms with Crippen LogP contribution in [0.1, 0.15) is 31.2 Å². The second-order valence-corrected chi connectivity index (χ2v) is 5.85. The number of rotatable bonds is 5. The minimum absolute atomic E-state index is 0.208. The molecule has 0 bridgehead atoms. The Labute approximate surface area is 119 Å². The number of halogens is 1. The van der Waals surface area contributed by atoms with E-state index in [1.165, 1.54) is 25.0 Å². The predicted molar refractivity (Wildman–Crippen MR) is 75.6 cm³/mol. The van der Waals surface area contributed by atoms with Gasteiger partial charge in [0.25, 0.3) is 0 Å². The largest absolute Gasteiger partial charge is 0.342 e. The molecule has 0 radical (unpaired) electrons. The van der Waals surface area contributed by atoms with Crippen molar-refractivity contribution in [2.24, 2.45) is 0 Å². The van der Waals surface area contributed by atoms with Crippen molar-refractivity contribution in [3.8, 4) is 0 Å². The molecule has 1 aliphatic carbocycles. The smallest absolute Gasteiger partial charge is 0.236 e. The van der Waals surface area contributed by atoms with Crippen LogP contribution in [0.2, 0.25) is 0 Å². The highest BCUT2D eigenvalue weighted by molar-refractivity contribution is 5.78. The third-order valence-electron chi connectivity index (χ3n) is 4.16. The highest BCUT2D eigenvalue weighted by Gasteiger charge is 2.31. The summed E-state index contributed by atoms with van der Waals surface area (Å²) >= 11 is 0. The van der Waals surface area contributed by atoms with Gasteiger partial charge in [0.1, 0.15) is 5.82 Å². The maximum absolute atomic E-state index is 12.9. The summed E-state index contributed by atoms with van der Waals surface area (Å²) in [6.45, 7) is 3.06. The van der Waals surface area contributed by atoms with E-state index < -0.39 is 0 Å². The van der Waals surface area contributed by atoms with Crippen molar-refractivity contribution in [1.82, 2.24) is 9.80 Å². The molecule has 108 valence electrons. The van der Waals surface area contributed by atoms with E-state index in [9.17, 15) is 9.18 Å². The SMILES string of the molecule is O=C(CN(Cc1ccc(F)cc1)C1CC1)N1CCCC1. The van der Waals surface area contributed by atoms with E-state index in [2.05, 4.69) is 4.90 Å². The van der Waals surface area contributed by atoms with Gasteiger partial charge in [-0.05, 0) is 43.4 Å². The predicted octanol–water partition coefficient (Wildman–Crippen LogP) is 2.41. The monoisotopic (exact) mass is 276 g/mol. The minimum Gasteiger partial charge on any atom is -0.342 e. The summed E-state index contributed by atoms with van der Waals surface area (Å²) in [5, 5.41) is 0. The van der Waals surface area contributed by atoms with Crippen molar-refractivity contribution in [2.75, 3.05) is 19.6 Å². The van der Waals surface area contributed by atoms with E-state index in [4.69, 9.17) is 0 Å². The number of carbonyl (C=O) groups is 1. The third kappa shape index (κ3) is 3.37. The fourth-order valence-corrected chi connectivity index (χ4v) is 2.82.